The first-order valence-electron chi connectivity index (χ1n) is 5.30. The van der Waals surface area contributed by atoms with E-state index in [-0.39, 0.29) is 24.4 Å². The van der Waals surface area contributed by atoms with E-state index in [2.05, 4.69) is 5.32 Å². The summed E-state index contributed by atoms with van der Waals surface area (Å²) in [5, 5.41) is 12.2. The van der Waals surface area contributed by atoms with Gasteiger partial charge >= 0.3 is 0 Å². The quantitative estimate of drug-likeness (QED) is 0.779. The number of hydrogen-bond acceptors (Lipinski definition) is 3. The lowest BCUT2D eigenvalue weighted by Gasteiger charge is -2.23. The SMILES string of the molecule is COCC(C)C(CO)Nc1ccccc1F. The van der Waals surface area contributed by atoms with Crippen LogP contribution in [-0.4, -0.2) is 31.5 Å². The minimum Gasteiger partial charge on any atom is -0.394 e. The topological polar surface area (TPSA) is 41.5 Å². The maximum atomic E-state index is 13.4. The molecule has 0 amide bonds. The fourth-order valence-corrected chi connectivity index (χ4v) is 1.52. The van der Waals surface area contributed by atoms with Crippen LogP contribution in [0.25, 0.3) is 0 Å². The Bertz CT molecular complexity index is 320. The molecule has 3 nitrogen and oxygen atoms in total. The van der Waals surface area contributed by atoms with Crippen LogP contribution in [0.2, 0.25) is 0 Å². The van der Waals surface area contributed by atoms with Crippen molar-refractivity contribution < 1.29 is 14.2 Å². The molecule has 1 aromatic rings. The first-order valence-corrected chi connectivity index (χ1v) is 5.30. The van der Waals surface area contributed by atoms with E-state index in [1.165, 1.54) is 6.07 Å². The Labute approximate surface area is 95.2 Å². The van der Waals surface area contributed by atoms with E-state index in [4.69, 9.17) is 4.74 Å². The van der Waals surface area contributed by atoms with Crippen LogP contribution in [0.5, 0.6) is 0 Å². The fraction of sp³-hybridized carbons (Fsp3) is 0.500. The lowest BCUT2D eigenvalue weighted by atomic mass is 10.0. The molecular formula is C12H18FNO2. The summed E-state index contributed by atoms with van der Waals surface area (Å²) in [6.45, 7) is 2.41. The van der Waals surface area contributed by atoms with Gasteiger partial charge in [0.05, 0.1) is 24.9 Å². The second-order valence-corrected chi connectivity index (χ2v) is 3.85. The minimum absolute atomic E-state index is 0.0567. The number of anilines is 1. The molecule has 0 aliphatic carbocycles. The first kappa shape index (κ1) is 12.9. The fourth-order valence-electron chi connectivity index (χ4n) is 1.52. The van der Waals surface area contributed by atoms with Crippen molar-refractivity contribution in [1.82, 2.24) is 0 Å². The van der Waals surface area contributed by atoms with Gasteiger partial charge in [-0.15, -0.1) is 0 Å². The standard InChI is InChI=1S/C12H18FNO2/c1-9(8-16-2)12(7-15)14-11-6-4-3-5-10(11)13/h3-6,9,12,14-15H,7-8H2,1-2H3. The highest BCUT2D eigenvalue weighted by Gasteiger charge is 2.17. The Morgan fingerprint density at radius 3 is 2.69 bits per heavy atom. The molecule has 0 aliphatic rings. The Morgan fingerprint density at radius 1 is 1.44 bits per heavy atom. The molecule has 2 unspecified atom stereocenters. The van der Waals surface area contributed by atoms with Crippen LogP contribution in [0.1, 0.15) is 6.92 Å². The molecule has 0 aromatic heterocycles. The summed E-state index contributed by atoms with van der Waals surface area (Å²) < 4.78 is 18.4. The van der Waals surface area contributed by atoms with E-state index in [0.29, 0.717) is 12.3 Å². The highest BCUT2D eigenvalue weighted by Crippen LogP contribution is 2.16. The molecule has 1 rings (SSSR count). The van der Waals surface area contributed by atoms with E-state index in [1.807, 2.05) is 6.92 Å². The Morgan fingerprint density at radius 2 is 2.12 bits per heavy atom. The average Bonchev–Trinajstić information content (AvgIpc) is 2.28. The van der Waals surface area contributed by atoms with Crippen molar-refractivity contribution in [2.45, 2.75) is 13.0 Å². The predicted octanol–water partition coefficient (Wildman–Crippen LogP) is 1.88. The summed E-state index contributed by atoms with van der Waals surface area (Å²) in [6, 6.07) is 6.21. The number of methoxy groups -OCH3 is 1. The molecule has 0 heterocycles. The number of ether oxygens (including phenoxy) is 1. The van der Waals surface area contributed by atoms with Gasteiger partial charge in [0.1, 0.15) is 5.82 Å². The van der Waals surface area contributed by atoms with Crippen LogP contribution < -0.4 is 5.32 Å². The maximum Gasteiger partial charge on any atom is 0.146 e. The summed E-state index contributed by atoms with van der Waals surface area (Å²) >= 11 is 0. The maximum absolute atomic E-state index is 13.4. The summed E-state index contributed by atoms with van der Waals surface area (Å²) in [4.78, 5) is 0. The zero-order valence-electron chi connectivity index (χ0n) is 9.61. The van der Waals surface area contributed by atoms with E-state index >= 15 is 0 Å². The van der Waals surface area contributed by atoms with Crippen molar-refractivity contribution in [3.8, 4) is 0 Å². The van der Waals surface area contributed by atoms with Gasteiger partial charge < -0.3 is 15.2 Å². The Hall–Kier alpha value is -1.13. The van der Waals surface area contributed by atoms with E-state index in [1.54, 1.807) is 25.3 Å². The number of nitrogens with one attached hydrogen (secondary N) is 1. The van der Waals surface area contributed by atoms with Crippen LogP contribution in [0.3, 0.4) is 0 Å². The van der Waals surface area contributed by atoms with Crippen molar-refractivity contribution in [2.75, 3.05) is 25.6 Å². The molecule has 2 atom stereocenters. The molecule has 0 saturated heterocycles. The molecule has 4 heteroatoms. The summed E-state index contributed by atoms with van der Waals surface area (Å²) in [5.41, 5.74) is 0.407. The normalized spacial score (nSPS) is 14.5. The lowest BCUT2D eigenvalue weighted by molar-refractivity contribution is 0.132. The second kappa shape index (κ2) is 6.45. The summed E-state index contributed by atoms with van der Waals surface area (Å²) in [7, 11) is 1.61. The van der Waals surface area contributed by atoms with E-state index < -0.39 is 0 Å². The lowest BCUT2D eigenvalue weighted by Crippen LogP contribution is -2.33. The zero-order valence-corrected chi connectivity index (χ0v) is 9.61. The number of aliphatic hydroxyl groups excluding tert-OH is 1. The number of benzene rings is 1. The zero-order chi connectivity index (χ0) is 12.0. The minimum atomic E-state index is -0.314. The van der Waals surface area contributed by atoms with Crippen LogP contribution in [-0.2, 0) is 4.74 Å². The molecule has 2 N–H and O–H groups in total. The van der Waals surface area contributed by atoms with Crippen molar-refractivity contribution in [2.24, 2.45) is 5.92 Å². The van der Waals surface area contributed by atoms with Gasteiger partial charge in [-0.25, -0.2) is 4.39 Å². The van der Waals surface area contributed by atoms with Crippen LogP contribution in [0.15, 0.2) is 24.3 Å². The first-order chi connectivity index (χ1) is 7.69. The van der Waals surface area contributed by atoms with Gasteiger partial charge in [-0.1, -0.05) is 19.1 Å². The molecule has 0 fully saturated rings. The van der Waals surface area contributed by atoms with Crippen LogP contribution in [0, 0.1) is 11.7 Å². The average molecular weight is 227 g/mol. The number of aliphatic hydroxyl groups is 1. The molecule has 0 aliphatic heterocycles. The number of para-hydroxylation sites is 1. The van der Waals surface area contributed by atoms with Gasteiger partial charge in [-0.3, -0.25) is 0 Å². The third-order valence-corrected chi connectivity index (χ3v) is 2.53. The Kier molecular flexibility index (Phi) is 5.22. The monoisotopic (exact) mass is 227 g/mol. The van der Waals surface area contributed by atoms with Crippen molar-refractivity contribution in [1.29, 1.82) is 0 Å². The highest BCUT2D eigenvalue weighted by molar-refractivity contribution is 5.45. The van der Waals surface area contributed by atoms with Crippen LogP contribution in [0.4, 0.5) is 10.1 Å². The third-order valence-electron chi connectivity index (χ3n) is 2.53. The predicted molar refractivity (Wildman–Crippen MR) is 61.9 cm³/mol. The molecule has 90 valence electrons. The van der Waals surface area contributed by atoms with Crippen molar-refractivity contribution in [3.05, 3.63) is 30.1 Å². The molecular weight excluding hydrogens is 209 g/mol. The third kappa shape index (κ3) is 3.47. The molecule has 0 bridgehead atoms. The second-order valence-electron chi connectivity index (χ2n) is 3.85. The van der Waals surface area contributed by atoms with Gasteiger partial charge in [0.25, 0.3) is 0 Å². The van der Waals surface area contributed by atoms with Gasteiger partial charge in [0.2, 0.25) is 0 Å². The highest BCUT2D eigenvalue weighted by atomic mass is 19.1. The number of hydrogen-bond donors (Lipinski definition) is 2. The van der Waals surface area contributed by atoms with Gasteiger partial charge in [-0.05, 0) is 12.1 Å². The van der Waals surface area contributed by atoms with E-state index in [9.17, 15) is 9.50 Å². The Balaban J connectivity index is 2.66. The smallest absolute Gasteiger partial charge is 0.146 e. The van der Waals surface area contributed by atoms with Gasteiger partial charge in [0, 0.05) is 13.0 Å². The molecule has 1 aromatic carbocycles. The van der Waals surface area contributed by atoms with Crippen molar-refractivity contribution in [3.63, 3.8) is 0 Å². The molecule has 0 radical (unpaired) electrons. The van der Waals surface area contributed by atoms with Crippen molar-refractivity contribution >= 4 is 5.69 Å². The summed E-state index contributed by atoms with van der Waals surface area (Å²) in [6.07, 6.45) is 0. The van der Waals surface area contributed by atoms with Crippen LogP contribution >= 0.6 is 0 Å². The van der Waals surface area contributed by atoms with E-state index in [0.717, 1.165) is 0 Å². The molecule has 0 saturated carbocycles. The van der Waals surface area contributed by atoms with Gasteiger partial charge in [0.15, 0.2) is 0 Å². The largest absolute Gasteiger partial charge is 0.394 e. The number of rotatable bonds is 6. The summed E-state index contributed by atoms with van der Waals surface area (Å²) in [5.74, 6) is -0.208. The number of halogens is 1. The molecule has 16 heavy (non-hydrogen) atoms. The van der Waals surface area contributed by atoms with Gasteiger partial charge in [-0.2, -0.15) is 0 Å². The molecule has 0 spiro atoms.